The van der Waals surface area contributed by atoms with Gasteiger partial charge in [-0.3, -0.25) is 14.2 Å². The van der Waals surface area contributed by atoms with E-state index in [0.29, 0.717) is 27.2 Å². The van der Waals surface area contributed by atoms with Crippen molar-refractivity contribution >= 4 is 28.4 Å². The van der Waals surface area contributed by atoms with Gasteiger partial charge >= 0.3 is 0 Å². The van der Waals surface area contributed by atoms with Gasteiger partial charge in [0.15, 0.2) is 10.9 Å². The Bertz CT molecular complexity index is 1030. The molecule has 0 saturated carbocycles. The fourth-order valence-electron chi connectivity index (χ4n) is 2.44. The number of thioether (sulfide) groups is 1. The monoisotopic (exact) mass is 335 g/mol. The number of hydrogen-bond acceptors (Lipinski definition) is 5. The van der Waals surface area contributed by atoms with Crippen molar-refractivity contribution in [3.05, 3.63) is 70.0 Å². The minimum absolute atomic E-state index is 0.109. The smallest absolute Gasteiger partial charge is 0.262 e. The largest absolute Gasteiger partial charge is 0.292 e. The molecule has 2 aromatic carbocycles. The molecule has 118 valence electrons. The zero-order valence-corrected chi connectivity index (χ0v) is 13.7. The number of nitrogens with zero attached hydrogens (tertiary/aromatic N) is 3. The second-order valence-electron chi connectivity index (χ2n) is 5.12. The molecule has 0 fully saturated rings. The van der Waals surface area contributed by atoms with Gasteiger partial charge in [0.2, 0.25) is 0 Å². The van der Waals surface area contributed by atoms with Crippen LogP contribution in [-0.4, -0.2) is 21.6 Å². The molecule has 0 bridgehead atoms. The first kappa shape index (κ1) is 16.0. The van der Waals surface area contributed by atoms with Crippen molar-refractivity contribution in [3.8, 4) is 6.07 Å². The first-order valence-corrected chi connectivity index (χ1v) is 8.43. The highest BCUT2D eigenvalue weighted by Gasteiger charge is 2.15. The highest BCUT2D eigenvalue weighted by Crippen LogP contribution is 2.16. The maximum absolute atomic E-state index is 12.7. The number of ketones is 1. The minimum atomic E-state index is -0.241. The van der Waals surface area contributed by atoms with Crippen molar-refractivity contribution in [3.63, 3.8) is 0 Å². The van der Waals surface area contributed by atoms with E-state index in [1.165, 1.54) is 22.4 Å². The Labute approximate surface area is 142 Å². The molecule has 0 spiro atoms. The van der Waals surface area contributed by atoms with E-state index in [9.17, 15) is 9.59 Å². The topological polar surface area (TPSA) is 75.8 Å². The molecular weight excluding hydrogens is 322 g/mol. The molecule has 0 saturated heterocycles. The van der Waals surface area contributed by atoms with Crippen LogP contribution < -0.4 is 5.56 Å². The van der Waals surface area contributed by atoms with Crippen LogP contribution in [0.1, 0.15) is 15.9 Å². The van der Waals surface area contributed by atoms with E-state index in [0.717, 1.165) is 0 Å². The van der Waals surface area contributed by atoms with Crippen molar-refractivity contribution in [2.45, 2.75) is 11.7 Å². The van der Waals surface area contributed by atoms with Gasteiger partial charge in [0.05, 0.1) is 29.1 Å². The average molecular weight is 335 g/mol. The van der Waals surface area contributed by atoms with Gasteiger partial charge in [0.1, 0.15) is 0 Å². The summed E-state index contributed by atoms with van der Waals surface area (Å²) < 4.78 is 1.38. The highest BCUT2D eigenvalue weighted by atomic mass is 32.2. The number of Topliss-reactive ketones (excluding diaryl/α,β-unsaturated/α-hetero) is 1. The zero-order valence-electron chi connectivity index (χ0n) is 12.9. The van der Waals surface area contributed by atoms with E-state index < -0.39 is 0 Å². The molecule has 1 heterocycles. The van der Waals surface area contributed by atoms with Crippen molar-refractivity contribution in [2.24, 2.45) is 0 Å². The third-order valence-electron chi connectivity index (χ3n) is 3.62. The maximum Gasteiger partial charge on any atom is 0.262 e. The van der Waals surface area contributed by atoms with E-state index >= 15 is 0 Å². The Kier molecular flexibility index (Phi) is 4.45. The van der Waals surface area contributed by atoms with Gasteiger partial charge < -0.3 is 0 Å². The van der Waals surface area contributed by atoms with E-state index in [2.05, 4.69) is 4.98 Å². The number of carbonyl (C=O) groups is 1. The van der Waals surface area contributed by atoms with Gasteiger partial charge in [-0.2, -0.15) is 5.26 Å². The molecule has 5 nitrogen and oxygen atoms in total. The Morgan fingerprint density at radius 2 is 2.04 bits per heavy atom. The number of hydrogen-bond donors (Lipinski definition) is 0. The lowest BCUT2D eigenvalue weighted by atomic mass is 10.1. The highest BCUT2D eigenvalue weighted by molar-refractivity contribution is 7.98. The maximum atomic E-state index is 12.7. The van der Waals surface area contributed by atoms with Crippen molar-refractivity contribution in [1.82, 2.24) is 9.55 Å². The molecule has 0 aliphatic heterocycles. The predicted octanol–water partition coefficient (Wildman–Crippen LogP) is 2.87. The van der Waals surface area contributed by atoms with Crippen LogP contribution in [-0.2, 0) is 6.54 Å². The molecule has 6 heteroatoms. The first-order chi connectivity index (χ1) is 11.6. The van der Waals surface area contributed by atoms with Gasteiger partial charge in [-0.05, 0) is 30.5 Å². The number of carbonyl (C=O) groups excluding carboxylic acids is 1. The number of para-hydroxylation sites is 1. The molecule has 0 unspecified atom stereocenters. The van der Waals surface area contributed by atoms with Crippen LogP contribution in [0.2, 0.25) is 0 Å². The molecule has 0 aliphatic carbocycles. The summed E-state index contributed by atoms with van der Waals surface area (Å²) in [6.07, 6.45) is 1.81. The summed E-state index contributed by atoms with van der Waals surface area (Å²) in [5.41, 5.74) is 1.19. The van der Waals surface area contributed by atoms with Crippen LogP contribution in [0.25, 0.3) is 10.9 Å². The van der Waals surface area contributed by atoms with Crippen LogP contribution in [0.3, 0.4) is 0 Å². The Hall–Kier alpha value is -2.91. The van der Waals surface area contributed by atoms with Crippen LogP contribution >= 0.6 is 11.8 Å². The van der Waals surface area contributed by atoms with Crippen LogP contribution in [0.5, 0.6) is 0 Å². The van der Waals surface area contributed by atoms with Gasteiger partial charge in [-0.1, -0.05) is 36.0 Å². The molecule has 24 heavy (non-hydrogen) atoms. The molecule has 0 aliphatic rings. The second kappa shape index (κ2) is 6.69. The van der Waals surface area contributed by atoms with Gasteiger partial charge in [-0.25, -0.2) is 4.98 Å². The summed E-state index contributed by atoms with van der Waals surface area (Å²) in [5, 5.41) is 9.92. The van der Waals surface area contributed by atoms with Gasteiger partial charge in [0.25, 0.3) is 5.56 Å². The molecule has 0 amide bonds. The quantitative estimate of drug-likeness (QED) is 0.416. The van der Waals surface area contributed by atoms with Crippen molar-refractivity contribution < 1.29 is 4.79 Å². The lowest BCUT2D eigenvalue weighted by Crippen LogP contribution is -2.27. The normalized spacial score (nSPS) is 10.5. The molecular formula is C18H13N3O2S. The van der Waals surface area contributed by atoms with Crippen LogP contribution in [0.15, 0.2) is 58.5 Å². The Morgan fingerprint density at radius 3 is 2.79 bits per heavy atom. The lowest BCUT2D eigenvalue weighted by molar-refractivity contribution is 0.0967. The molecule has 0 atom stereocenters. The van der Waals surface area contributed by atoms with E-state index in [-0.39, 0.29) is 17.9 Å². The van der Waals surface area contributed by atoms with Gasteiger partial charge in [-0.15, -0.1) is 0 Å². The van der Waals surface area contributed by atoms with Crippen LogP contribution in [0, 0.1) is 11.3 Å². The number of rotatable bonds is 4. The summed E-state index contributed by atoms with van der Waals surface area (Å²) in [6.45, 7) is -0.109. The van der Waals surface area contributed by atoms with Gasteiger partial charge in [0, 0.05) is 5.56 Å². The lowest BCUT2D eigenvalue weighted by Gasteiger charge is -2.11. The Balaban J connectivity index is 2.06. The molecule has 0 N–H and O–H groups in total. The summed E-state index contributed by atoms with van der Waals surface area (Å²) in [6, 6.07) is 15.5. The SMILES string of the molecule is CSc1nc2ccccc2c(=O)n1CC(=O)c1cccc(C#N)c1. The zero-order chi connectivity index (χ0) is 17.1. The van der Waals surface area contributed by atoms with Crippen molar-refractivity contribution in [2.75, 3.05) is 6.26 Å². The number of aromatic nitrogens is 2. The number of nitriles is 1. The van der Waals surface area contributed by atoms with E-state index in [1.54, 1.807) is 36.4 Å². The summed E-state index contributed by atoms with van der Waals surface area (Å²) in [7, 11) is 0. The number of fused-ring (bicyclic) bond motifs is 1. The third-order valence-corrected chi connectivity index (χ3v) is 4.30. The predicted molar refractivity (Wildman–Crippen MR) is 93.3 cm³/mol. The molecule has 3 aromatic rings. The van der Waals surface area contributed by atoms with Crippen molar-refractivity contribution in [1.29, 1.82) is 5.26 Å². The summed E-state index contributed by atoms with van der Waals surface area (Å²) >= 11 is 1.32. The summed E-state index contributed by atoms with van der Waals surface area (Å²) in [4.78, 5) is 29.7. The fraction of sp³-hybridized carbons (Fsp3) is 0.111. The fourth-order valence-corrected chi connectivity index (χ4v) is 3.00. The minimum Gasteiger partial charge on any atom is -0.292 e. The first-order valence-electron chi connectivity index (χ1n) is 7.21. The molecule has 0 radical (unpaired) electrons. The molecule has 1 aromatic heterocycles. The standard InChI is InChI=1S/C18H13N3O2S/c1-24-18-20-15-8-3-2-7-14(15)17(23)21(18)11-16(22)13-6-4-5-12(9-13)10-19/h2-9H,11H2,1H3. The summed E-state index contributed by atoms with van der Waals surface area (Å²) in [5.74, 6) is -0.235. The van der Waals surface area contributed by atoms with Crippen LogP contribution in [0.4, 0.5) is 0 Å². The molecule has 3 rings (SSSR count). The third kappa shape index (κ3) is 2.94. The second-order valence-corrected chi connectivity index (χ2v) is 5.90. The number of benzene rings is 2. The average Bonchev–Trinajstić information content (AvgIpc) is 2.63. The van der Waals surface area contributed by atoms with E-state index in [1.807, 2.05) is 18.4 Å². The van der Waals surface area contributed by atoms with E-state index in [4.69, 9.17) is 5.26 Å². The Morgan fingerprint density at radius 1 is 1.25 bits per heavy atom.